The second kappa shape index (κ2) is 9.67. The van der Waals surface area contributed by atoms with Gasteiger partial charge in [-0.2, -0.15) is 13.2 Å². The van der Waals surface area contributed by atoms with Gasteiger partial charge in [0.1, 0.15) is 0 Å². The molecular formula is C21H29F3N4O3. The van der Waals surface area contributed by atoms with Crippen LogP contribution in [-0.2, 0) is 15.8 Å². The minimum Gasteiger partial charge on any atom is -0.350 e. The molecule has 1 aromatic rings. The lowest BCUT2D eigenvalue weighted by molar-refractivity contribution is -0.138. The van der Waals surface area contributed by atoms with Crippen LogP contribution in [-0.4, -0.2) is 84.3 Å². The minimum atomic E-state index is -4.61. The van der Waals surface area contributed by atoms with Crippen LogP contribution in [0.4, 0.5) is 13.2 Å². The van der Waals surface area contributed by atoms with Crippen LogP contribution in [0.15, 0.2) is 24.3 Å². The summed E-state index contributed by atoms with van der Waals surface area (Å²) >= 11 is 0. The van der Waals surface area contributed by atoms with Crippen LogP contribution >= 0.6 is 0 Å². The average Bonchev–Trinajstić information content (AvgIpc) is 2.65. The number of nitrogens with zero attached hydrogens (tertiary/aromatic N) is 3. The van der Waals surface area contributed by atoms with Crippen LogP contribution in [0.3, 0.4) is 0 Å². The molecule has 1 N–H and O–H groups in total. The predicted molar refractivity (Wildman–Crippen MR) is 109 cm³/mol. The van der Waals surface area contributed by atoms with Gasteiger partial charge in [0.2, 0.25) is 11.8 Å². The van der Waals surface area contributed by atoms with Crippen molar-refractivity contribution < 1.29 is 27.6 Å². The maximum Gasteiger partial charge on any atom is 0.417 e. The van der Waals surface area contributed by atoms with Gasteiger partial charge in [-0.3, -0.25) is 19.3 Å². The Morgan fingerprint density at radius 3 is 2.16 bits per heavy atom. The normalized spacial score (nSPS) is 15.5. The molecule has 3 amide bonds. The van der Waals surface area contributed by atoms with Crippen LogP contribution in [0.5, 0.6) is 0 Å². The number of carbonyl (C=O) groups excluding carboxylic acids is 3. The number of hydrogen-bond acceptors (Lipinski definition) is 4. The maximum atomic E-state index is 13.2. The second-order valence-corrected chi connectivity index (χ2v) is 8.66. The summed E-state index contributed by atoms with van der Waals surface area (Å²) in [7, 11) is 1.54. The molecule has 10 heteroatoms. The summed E-state index contributed by atoms with van der Waals surface area (Å²) in [6.45, 7) is 6.69. The van der Waals surface area contributed by atoms with E-state index in [-0.39, 0.29) is 43.6 Å². The van der Waals surface area contributed by atoms with Gasteiger partial charge in [-0.05, 0) is 32.9 Å². The molecule has 0 aliphatic carbocycles. The third kappa shape index (κ3) is 7.23. The molecule has 1 saturated heterocycles. The van der Waals surface area contributed by atoms with E-state index in [0.29, 0.717) is 13.1 Å². The van der Waals surface area contributed by atoms with E-state index >= 15 is 0 Å². The van der Waals surface area contributed by atoms with Crippen molar-refractivity contribution in [2.45, 2.75) is 32.5 Å². The molecule has 172 valence electrons. The molecule has 1 aromatic carbocycles. The first-order valence-electron chi connectivity index (χ1n) is 10.0. The Morgan fingerprint density at radius 1 is 1.03 bits per heavy atom. The molecule has 7 nitrogen and oxygen atoms in total. The van der Waals surface area contributed by atoms with E-state index in [1.807, 2.05) is 25.7 Å². The lowest BCUT2D eigenvalue weighted by atomic mass is 10.1. The van der Waals surface area contributed by atoms with E-state index in [1.165, 1.54) is 28.0 Å². The van der Waals surface area contributed by atoms with Crippen molar-refractivity contribution in [3.8, 4) is 0 Å². The van der Waals surface area contributed by atoms with Gasteiger partial charge in [0.15, 0.2) is 0 Å². The van der Waals surface area contributed by atoms with Gasteiger partial charge in [0, 0.05) is 38.8 Å². The van der Waals surface area contributed by atoms with Gasteiger partial charge in [-0.15, -0.1) is 0 Å². The maximum absolute atomic E-state index is 13.2. The number of benzene rings is 1. The van der Waals surface area contributed by atoms with E-state index in [2.05, 4.69) is 5.32 Å². The topological polar surface area (TPSA) is 73.0 Å². The number of alkyl halides is 3. The zero-order valence-corrected chi connectivity index (χ0v) is 18.3. The van der Waals surface area contributed by atoms with E-state index in [0.717, 1.165) is 6.07 Å². The van der Waals surface area contributed by atoms with Crippen molar-refractivity contribution in [2.24, 2.45) is 0 Å². The van der Waals surface area contributed by atoms with E-state index in [4.69, 9.17) is 0 Å². The molecule has 2 rings (SSSR count). The largest absolute Gasteiger partial charge is 0.417 e. The summed E-state index contributed by atoms with van der Waals surface area (Å²) in [6.07, 6.45) is -4.61. The fourth-order valence-corrected chi connectivity index (χ4v) is 3.27. The van der Waals surface area contributed by atoms with Gasteiger partial charge in [0.05, 0.1) is 24.2 Å². The van der Waals surface area contributed by atoms with Crippen molar-refractivity contribution in [1.29, 1.82) is 0 Å². The molecule has 0 aromatic heterocycles. The SMILES string of the molecule is CN(CC(=O)NC(C)(C)C)C(=O)CN1CCN(C(=O)c2ccccc2C(F)(F)F)CC1. The highest BCUT2D eigenvalue weighted by Gasteiger charge is 2.36. The lowest BCUT2D eigenvalue weighted by Gasteiger charge is -2.35. The van der Waals surface area contributed by atoms with Crippen LogP contribution in [0.2, 0.25) is 0 Å². The number of likely N-dealkylation sites (N-methyl/N-ethyl adjacent to an activating group) is 1. The molecule has 0 saturated carbocycles. The third-order valence-corrected chi connectivity index (χ3v) is 4.80. The molecule has 1 heterocycles. The Morgan fingerprint density at radius 2 is 1.61 bits per heavy atom. The standard InChI is InChI=1S/C21H29F3N4O3/c1-20(2,3)25-17(29)13-26(4)18(30)14-27-9-11-28(12-10-27)19(31)15-7-5-6-8-16(15)21(22,23)24/h5-8H,9-14H2,1-4H3,(H,25,29). The quantitative estimate of drug-likeness (QED) is 0.755. The minimum absolute atomic E-state index is 0.0667. The van der Waals surface area contributed by atoms with Gasteiger partial charge >= 0.3 is 6.18 Å². The van der Waals surface area contributed by atoms with E-state index in [1.54, 1.807) is 7.05 Å². The molecule has 1 aliphatic rings. The molecule has 0 spiro atoms. The first kappa shape index (κ1) is 24.6. The molecule has 31 heavy (non-hydrogen) atoms. The summed E-state index contributed by atoms with van der Waals surface area (Å²) < 4.78 is 39.6. The predicted octanol–water partition coefficient (Wildman–Crippen LogP) is 1.84. The molecule has 0 atom stereocenters. The van der Waals surface area contributed by atoms with Crippen molar-refractivity contribution in [3.63, 3.8) is 0 Å². The zero-order chi connectivity index (χ0) is 23.4. The highest BCUT2D eigenvalue weighted by atomic mass is 19.4. The Balaban J connectivity index is 1.88. The number of halogens is 3. The lowest BCUT2D eigenvalue weighted by Crippen LogP contribution is -2.52. The molecule has 0 bridgehead atoms. The van der Waals surface area contributed by atoms with Gasteiger partial charge < -0.3 is 15.1 Å². The Bertz CT molecular complexity index is 813. The average molecular weight is 442 g/mol. The molecule has 0 unspecified atom stereocenters. The first-order valence-corrected chi connectivity index (χ1v) is 10.0. The van der Waals surface area contributed by atoms with E-state index in [9.17, 15) is 27.6 Å². The van der Waals surface area contributed by atoms with Crippen LogP contribution in [0.1, 0.15) is 36.7 Å². The summed E-state index contributed by atoms with van der Waals surface area (Å²) in [5.41, 5.74) is -1.72. The van der Waals surface area contributed by atoms with Crippen molar-refractivity contribution in [1.82, 2.24) is 20.0 Å². The monoisotopic (exact) mass is 442 g/mol. The van der Waals surface area contributed by atoms with Crippen LogP contribution in [0.25, 0.3) is 0 Å². The first-order chi connectivity index (χ1) is 14.3. The fourth-order valence-electron chi connectivity index (χ4n) is 3.27. The number of amides is 3. The Kier molecular flexibility index (Phi) is 7.69. The third-order valence-electron chi connectivity index (χ3n) is 4.80. The van der Waals surface area contributed by atoms with E-state index < -0.39 is 23.2 Å². The number of piperazine rings is 1. The van der Waals surface area contributed by atoms with Crippen LogP contribution in [0, 0.1) is 0 Å². The van der Waals surface area contributed by atoms with Gasteiger partial charge in [-0.25, -0.2) is 0 Å². The highest BCUT2D eigenvalue weighted by molar-refractivity contribution is 5.96. The second-order valence-electron chi connectivity index (χ2n) is 8.66. The molecule has 1 fully saturated rings. The molecule has 0 radical (unpaired) electrons. The van der Waals surface area contributed by atoms with Gasteiger partial charge in [-0.1, -0.05) is 12.1 Å². The number of rotatable bonds is 5. The summed E-state index contributed by atoms with van der Waals surface area (Å²) in [6, 6.07) is 4.73. The fraction of sp³-hybridized carbons (Fsp3) is 0.571. The Labute approximate surface area is 180 Å². The number of carbonyl (C=O) groups is 3. The summed E-state index contributed by atoms with van der Waals surface area (Å²) in [5.74, 6) is -1.18. The number of hydrogen-bond donors (Lipinski definition) is 1. The number of nitrogens with one attached hydrogen (secondary N) is 1. The molecular weight excluding hydrogens is 413 g/mol. The smallest absolute Gasteiger partial charge is 0.350 e. The van der Waals surface area contributed by atoms with Crippen LogP contribution < -0.4 is 5.32 Å². The molecule has 1 aliphatic heterocycles. The van der Waals surface area contributed by atoms with Crippen molar-refractivity contribution in [2.75, 3.05) is 46.3 Å². The van der Waals surface area contributed by atoms with Gasteiger partial charge in [0.25, 0.3) is 5.91 Å². The Hall–Kier alpha value is -2.62. The zero-order valence-electron chi connectivity index (χ0n) is 18.3. The highest BCUT2D eigenvalue weighted by Crippen LogP contribution is 2.32. The summed E-state index contributed by atoms with van der Waals surface area (Å²) in [5, 5.41) is 2.79. The van der Waals surface area contributed by atoms with Crippen molar-refractivity contribution in [3.05, 3.63) is 35.4 Å². The van der Waals surface area contributed by atoms with Crippen molar-refractivity contribution >= 4 is 17.7 Å². The summed E-state index contributed by atoms with van der Waals surface area (Å²) in [4.78, 5) is 41.5.